The number of fused-ring (bicyclic) bond motifs is 3. The number of aromatic carboxylic acids is 1. The third-order valence-electron chi connectivity index (χ3n) is 6.97. The smallest absolute Gasteiger partial charge is 0.411 e. The highest BCUT2D eigenvalue weighted by molar-refractivity contribution is 6.74. The highest BCUT2D eigenvalue weighted by Gasteiger charge is 2.39. The zero-order chi connectivity index (χ0) is 25.4. The average molecular weight is 490 g/mol. The van der Waals surface area contributed by atoms with Crippen LogP contribution in [0.4, 0.5) is 10.5 Å². The van der Waals surface area contributed by atoms with Crippen molar-refractivity contribution >= 4 is 26.1 Å². The molecule has 0 unspecified atom stereocenters. The lowest BCUT2D eigenvalue weighted by Crippen LogP contribution is -2.44. The van der Waals surface area contributed by atoms with Gasteiger partial charge < -0.3 is 14.3 Å². The van der Waals surface area contributed by atoms with Crippen LogP contribution in [-0.4, -0.2) is 32.1 Å². The monoisotopic (exact) mass is 489 g/mol. The fourth-order valence-electron chi connectivity index (χ4n) is 4.04. The number of nitrogens with one attached hydrogen (secondary N) is 1. The van der Waals surface area contributed by atoms with E-state index in [2.05, 4.69) is 63.4 Å². The van der Waals surface area contributed by atoms with E-state index in [0.29, 0.717) is 11.4 Å². The number of hydrogen-bond acceptors (Lipinski definition) is 4. The number of anilines is 1. The number of carboxylic acid groups (broad SMARTS) is 1. The summed E-state index contributed by atoms with van der Waals surface area (Å²) in [4.78, 5) is 24.5. The predicted molar refractivity (Wildman–Crippen MR) is 140 cm³/mol. The molecule has 2 N–H and O–H groups in total. The minimum Gasteiger partial charge on any atom is -0.543 e. The molecule has 7 heteroatoms. The molecule has 0 aromatic heterocycles. The number of ether oxygens (including phenoxy) is 1. The van der Waals surface area contributed by atoms with E-state index < -0.39 is 20.4 Å². The predicted octanol–water partition coefficient (Wildman–Crippen LogP) is 7.13. The molecule has 6 nitrogen and oxygen atoms in total. The van der Waals surface area contributed by atoms with Crippen molar-refractivity contribution < 1.29 is 23.9 Å². The van der Waals surface area contributed by atoms with Gasteiger partial charge in [-0.3, -0.25) is 5.32 Å². The van der Waals surface area contributed by atoms with E-state index >= 15 is 0 Å². The second-order valence-corrected chi connectivity index (χ2v) is 15.1. The molecular weight excluding hydrogens is 458 g/mol. The van der Waals surface area contributed by atoms with Crippen molar-refractivity contribution in [2.24, 2.45) is 0 Å². The van der Waals surface area contributed by atoms with Gasteiger partial charge in [-0.25, -0.2) is 9.59 Å². The quantitative estimate of drug-likeness (QED) is 0.360. The lowest BCUT2D eigenvalue weighted by Gasteiger charge is -2.36. The lowest BCUT2D eigenvalue weighted by molar-refractivity contribution is 0.0694. The topological polar surface area (TPSA) is 84.9 Å². The maximum atomic E-state index is 12.6. The molecule has 182 valence electrons. The van der Waals surface area contributed by atoms with Crippen molar-refractivity contribution in [1.82, 2.24) is 0 Å². The third-order valence-corrected chi connectivity index (χ3v) is 11.3. The van der Waals surface area contributed by atoms with Gasteiger partial charge in [-0.2, -0.15) is 0 Å². The molecule has 0 heterocycles. The Morgan fingerprint density at radius 3 is 2.06 bits per heavy atom. The zero-order valence-electron chi connectivity index (χ0n) is 20.7. The number of carbonyl (C=O) groups is 2. The molecule has 0 aliphatic heterocycles. The largest absolute Gasteiger partial charge is 0.543 e. The molecule has 0 saturated carbocycles. The minimum atomic E-state index is -2.23. The molecule has 3 aromatic carbocycles. The number of rotatable bonds is 6. The first-order valence-corrected chi connectivity index (χ1v) is 14.6. The summed E-state index contributed by atoms with van der Waals surface area (Å²) in [5.41, 5.74) is 4.90. The van der Waals surface area contributed by atoms with Gasteiger partial charge in [0.15, 0.2) is 0 Å². The summed E-state index contributed by atoms with van der Waals surface area (Å²) >= 11 is 0. The van der Waals surface area contributed by atoms with Crippen LogP contribution in [0.25, 0.3) is 11.1 Å². The highest BCUT2D eigenvalue weighted by Crippen LogP contribution is 2.44. The van der Waals surface area contributed by atoms with Gasteiger partial charge in [0.05, 0.1) is 0 Å². The highest BCUT2D eigenvalue weighted by atomic mass is 28.4. The van der Waals surface area contributed by atoms with E-state index in [1.165, 1.54) is 6.07 Å². The molecule has 0 radical (unpaired) electrons. The second-order valence-electron chi connectivity index (χ2n) is 10.3. The number of amides is 1. The molecule has 0 atom stereocenters. The van der Waals surface area contributed by atoms with Crippen LogP contribution in [0.1, 0.15) is 48.2 Å². The van der Waals surface area contributed by atoms with Gasteiger partial charge in [-0.1, -0.05) is 69.3 Å². The SMILES string of the molecule is CC(C)(C)[Si](C)(C)Oc1ccc(NC(=O)OCC2c3ccccc3-c3ccccc32)cc1C(=O)O. The second kappa shape index (κ2) is 9.22. The summed E-state index contributed by atoms with van der Waals surface area (Å²) in [5.74, 6) is -0.861. The molecular formula is C28H31NO5Si. The standard InChI is InChI=1S/C28H31NO5Si/c1-28(2,3)35(4,5)34-25-15-14-18(16-23(25)26(30)31)29-27(32)33-17-24-21-12-8-6-10-19(21)20-11-7-9-13-22(20)24/h6-16,24H,17H2,1-5H3,(H,29,32)(H,30,31). The first-order valence-electron chi connectivity index (χ1n) is 11.7. The minimum absolute atomic E-state index is 0.00581. The number of carbonyl (C=O) groups excluding carboxylic acids is 1. The van der Waals surface area contributed by atoms with Gasteiger partial charge in [-0.15, -0.1) is 0 Å². The first kappa shape index (κ1) is 24.5. The Hall–Kier alpha value is -3.58. The van der Waals surface area contributed by atoms with E-state index in [0.717, 1.165) is 22.3 Å². The van der Waals surface area contributed by atoms with Crippen molar-refractivity contribution in [1.29, 1.82) is 0 Å². The van der Waals surface area contributed by atoms with Gasteiger partial charge in [-0.05, 0) is 58.6 Å². The molecule has 1 aliphatic carbocycles. The van der Waals surface area contributed by atoms with Gasteiger partial charge in [0.1, 0.15) is 17.9 Å². The van der Waals surface area contributed by atoms with Crippen LogP contribution in [0.15, 0.2) is 66.7 Å². The van der Waals surface area contributed by atoms with Crippen LogP contribution in [-0.2, 0) is 4.74 Å². The average Bonchev–Trinajstić information content (AvgIpc) is 3.11. The van der Waals surface area contributed by atoms with Crippen LogP contribution in [0.2, 0.25) is 18.1 Å². The summed E-state index contributed by atoms with van der Waals surface area (Å²) in [6, 6.07) is 20.9. The summed E-state index contributed by atoms with van der Waals surface area (Å²) < 4.78 is 11.8. The zero-order valence-corrected chi connectivity index (χ0v) is 21.7. The maximum Gasteiger partial charge on any atom is 0.411 e. The molecule has 4 rings (SSSR count). The third kappa shape index (κ3) is 4.95. The van der Waals surface area contributed by atoms with Crippen molar-refractivity contribution in [3.63, 3.8) is 0 Å². The molecule has 1 amide bonds. The Morgan fingerprint density at radius 1 is 0.943 bits per heavy atom. The van der Waals surface area contributed by atoms with Crippen LogP contribution < -0.4 is 9.74 Å². The van der Waals surface area contributed by atoms with Gasteiger partial charge in [0.2, 0.25) is 0 Å². The fourth-order valence-corrected chi connectivity index (χ4v) is 5.08. The Morgan fingerprint density at radius 2 is 1.51 bits per heavy atom. The Bertz CT molecular complexity index is 1230. The molecule has 0 fully saturated rings. The van der Waals surface area contributed by atoms with Crippen molar-refractivity contribution in [2.45, 2.75) is 44.8 Å². The molecule has 3 aromatic rings. The summed E-state index contributed by atoms with van der Waals surface area (Å²) in [6.07, 6.45) is -0.638. The van der Waals surface area contributed by atoms with Crippen LogP contribution in [0.3, 0.4) is 0 Å². The van der Waals surface area contributed by atoms with Gasteiger partial charge in [0, 0.05) is 11.6 Å². The summed E-state index contributed by atoms with van der Waals surface area (Å²) in [7, 11) is -2.23. The Balaban J connectivity index is 1.47. The molecule has 1 aliphatic rings. The summed E-state index contributed by atoms with van der Waals surface area (Å²) in [5, 5.41) is 12.3. The lowest BCUT2D eigenvalue weighted by atomic mass is 9.98. The summed E-state index contributed by atoms with van der Waals surface area (Å²) in [6.45, 7) is 10.6. The molecule has 0 bridgehead atoms. The Labute approximate surface area is 207 Å². The first-order chi connectivity index (χ1) is 16.5. The van der Waals surface area contributed by atoms with Crippen LogP contribution >= 0.6 is 0 Å². The van der Waals surface area contributed by atoms with Gasteiger partial charge >= 0.3 is 12.1 Å². The molecule has 35 heavy (non-hydrogen) atoms. The van der Waals surface area contributed by atoms with E-state index in [4.69, 9.17) is 9.16 Å². The molecule has 0 saturated heterocycles. The van der Waals surface area contributed by atoms with Crippen LogP contribution in [0.5, 0.6) is 5.75 Å². The maximum absolute atomic E-state index is 12.6. The van der Waals surface area contributed by atoms with E-state index in [9.17, 15) is 14.7 Å². The van der Waals surface area contributed by atoms with Crippen molar-refractivity contribution in [3.8, 4) is 16.9 Å². The van der Waals surface area contributed by atoms with E-state index in [1.54, 1.807) is 12.1 Å². The van der Waals surface area contributed by atoms with Crippen molar-refractivity contribution in [2.75, 3.05) is 11.9 Å². The van der Waals surface area contributed by atoms with E-state index in [1.807, 2.05) is 24.3 Å². The number of carboxylic acids is 1. The number of hydrogen-bond donors (Lipinski definition) is 2. The van der Waals surface area contributed by atoms with E-state index in [-0.39, 0.29) is 23.1 Å². The van der Waals surface area contributed by atoms with Gasteiger partial charge in [0.25, 0.3) is 8.32 Å². The number of benzene rings is 3. The Kier molecular flexibility index (Phi) is 6.47. The fraction of sp³-hybridized carbons (Fsp3) is 0.286. The normalized spacial score (nSPS) is 13.1. The van der Waals surface area contributed by atoms with Crippen molar-refractivity contribution in [3.05, 3.63) is 83.4 Å². The van der Waals surface area contributed by atoms with Crippen LogP contribution in [0, 0.1) is 0 Å². The molecule has 0 spiro atoms.